The second kappa shape index (κ2) is 5.81. The van der Waals surface area contributed by atoms with E-state index in [0.29, 0.717) is 12.3 Å². The average Bonchev–Trinajstić information content (AvgIpc) is 2.92. The fourth-order valence-corrected chi connectivity index (χ4v) is 1.36. The van der Waals surface area contributed by atoms with Gasteiger partial charge in [-0.05, 0) is 30.7 Å². The smallest absolute Gasteiger partial charge is 0.277 e. The van der Waals surface area contributed by atoms with Crippen molar-refractivity contribution < 1.29 is 9.53 Å². The van der Waals surface area contributed by atoms with Crippen LogP contribution in [0, 0.1) is 0 Å². The highest BCUT2D eigenvalue weighted by atomic mass is 16.5. The molecular weight excluding hydrogens is 232 g/mol. The number of carbonyl (C=O) groups is 1. The highest BCUT2D eigenvalue weighted by molar-refractivity contribution is 6.02. The van der Waals surface area contributed by atoms with Gasteiger partial charge in [0.25, 0.3) is 5.91 Å². The molecule has 1 aromatic heterocycles. The number of nitrogens with zero attached hydrogens (tertiary/aromatic N) is 2. The first-order valence-corrected chi connectivity index (χ1v) is 5.69. The monoisotopic (exact) mass is 246 g/mol. The lowest BCUT2D eigenvalue weighted by Crippen LogP contribution is -2.12. The molecule has 2 N–H and O–H groups in total. The van der Waals surface area contributed by atoms with Crippen LogP contribution in [0.5, 0.6) is 5.75 Å². The largest absolute Gasteiger partial charge is 0.494 e. The number of hydrogen-bond donors (Lipinski definition) is 2. The van der Waals surface area contributed by atoms with Gasteiger partial charge in [0.15, 0.2) is 5.69 Å². The zero-order valence-corrected chi connectivity index (χ0v) is 10.0. The van der Waals surface area contributed by atoms with Crippen LogP contribution in [0.1, 0.15) is 23.8 Å². The van der Waals surface area contributed by atoms with Gasteiger partial charge in [-0.3, -0.25) is 4.79 Å². The predicted molar refractivity (Wildman–Crippen MR) is 66.6 cm³/mol. The molecule has 18 heavy (non-hydrogen) atoms. The summed E-state index contributed by atoms with van der Waals surface area (Å²) in [7, 11) is 0. The van der Waals surface area contributed by atoms with Gasteiger partial charge in [0.2, 0.25) is 0 Å². The number of hydrogen-bond acceptors (Lipinski definition) is 4. The zero-order chi connectivity index (χ0) is 12.8. The van der Waals surface area contributed by atoms with E-state index in [-0.39, 0.29) is 11.6 Å². The van der Waals surface area contributed by atoms with Gasteiger partial charge in [-0.25, -0.2) is 0 Å². The van der Waals surface area contributed by atoms with Gasteiger partial charge in [-0.1, -0.05) is 6.92 Å². The molecule has 0 bridgehead atoms. The van der Waals surface area contributed by atoms with E-state index in [0.717, 1.165) is 12.2 Å². The lowest BCUT2D eigenvalue weighted by atomic mass is 10.3. The van der Waals surface area contributed by atoms with Crippen molar-refractivity contribution in [3.05, 3.63) is 36.2 Å². The Morgan fingerprint density at radius 2 is 2.17 bits per heavy atom. The quantitative estimate of drug-likeness (QED) is 0.843. The van der Waals surface area contributed by atoms with Crippen molar-refractivity contribution in [1.29, 1.82) is 0 Å². The van der Waals surface area contributed by atoms with Crippen molar-refractivity contribution in [1.82, 2.24) is 15.4 Å². The van der Waals surface area contributed by atoms with Crippen LogP contribution in [-0.4, -0.2) is 27.9 Å². The van der Waals surface area contributed by atoms with Gasteiger partial charge in [0, 0.05) is 5.69 Å². The molecule has 94 valence electrons. The molecule has 6 heteroatoms. The molecule has 0 saturated heterocycles. The number of anilines is 1. The first-order chi connectivity index (χ1) is 8.79. The summed E-state index contributed by atoms with van der Waals surface area (Å²) in [4.78, 5) is 11.7. The number of H-pyrrole nitrogens is 1. The highest BCUT2D eigenvalue weighted by Crippen LogP contribution is 2.16. The van der Waals surface area contributed by atoms with Crippen molar-refractivity contribution in [2.75, 3.05) is 11.9 Å². The number of amides is 1. The Hall–Kier alpha value is -2.37. The molecule has 0 fully saturated rings. The van der Waals surface area contributed by atoms with E-state index in [1.54, 1.807) is 12.1 Å². The van der Waals surface area contributed by atoms with Gasteiger partial charge in [0.1, 0.15) is 5.75 Å². The second-order valence-electron chi connectivity index (χ2n) is 3.68. The van der Waals surface area contributed by atoms with E-state index in [9.17, 15) is 4.79 Å². The van der Waals surface area contributed by atoms with Crippen LogP contribution >= 0.6 is 0 Å². The lowest BCUT2D eigenvalue weighted by Gasteiger charge is -2.06. The third-order valence-electron chi connectivity index (χ3n) is 2.23. The number of nitrogens with one attached hydrogen (secondary N) is 2. The van der Waals surface area contributed by atoms with Gasteiger partial charge in [0.05, 0.1) is 12.8 Å². The Morgan fingerprint density at radius 1 is 1.39 bits per heavy atom. The number of ether oxygens (including phenoxy) is 1. The summed E-state index contributed by atoms with van der Waals surface area (Å²) in [6.07, 6.45) is 2.33. The topological polar surface area (TPSA) is 79.9 Å². The fourth-order valence-electron chi connectivity index (χ4n) is 1.36. The molecule has 0 radical (unpaired) electrons. The predicted octanol–water partition coefficient (Wildman–Crippen LogP) is 1.85. The molecule has 0 saturated carbocycles. The first kappa shape index (κ1) is 12.1. The van der Waals surface area contributed by atoms with Crippen LogP contribution < -0.4 is 10.1 Å². The van der Waals surface area contributed by atoms with Crippen molar-refractivity contribution in [2.45, 2.75) is 13.3 Å². The third-order valence-corrected chi connectivity index (χ3v) is 2.23. The maximum atomic E-state index is 11.7. The highest BCUT2D eigenvalue weighted by Gasteiger charge is 2.08. The van der Waals surface area contributed by atoms with Gasteiger partial charge in [-0.15, -0.1) is 0 Å². The van der Waals surface area contributed by atoms with Crippen molar-refractivity contribution >= 4 is 11.6 Å². The first-order valence-electron chi connectivity index (χ1n) is 5.69. The van der Waals surface area contributed by atoms with Crippen molar-refractivity contribution in [3.63, 3.8) is 0 Å². The van der Waals surface area contributed by atoms with Crippen LogP contribution in [0.3, 0.4) is 0 Å². The third kappa shape index (κ3) is 3.07. The minimum absolute atomic E-state index is 0.251. The Morgan fingerprint density at radius 3 is 2.78 bits per heavy atom. The maximum absolute atomic E-state index is 11.7. The molecule has 2 rings (SSSR count). The molecule has 0 aliphatic heterocycles. The Labute approximate surface area is 104 Å². The van der Waals surface area contributed by atoms with E-state index in [4.69, 9.17) is 4.74 Å². The number of rotatable bonds is 5. The number of aromatic amines is 1. The van der Waals surface area contributed by atoms with Gasteiger partial charge >= 0.3 is 0 Å². The average molecular weight is 246 g/mol. The molecule has 2 aromatic rings. The molecule has 0 aliphatic carbocycles. The molecule has 1 amide bonds. The Kier molecular flexibility index (Phi) is 3.90. The van der Waals surface area contributed by atoms with E-state index >= 15 is 0 Å². The minimum atomic E-state index is -0.300. The van der Waals surface area contributed by atoms with Crippen LogP contribution in [0.2, 0.25) is 0 Å². The summed E-state index contributed by atoms with van der Waals surface area (Å²) in [6.45, 7) is 2.73. The Balaban J connectivity index is 1.96. The molecule has 0 atom stereocenters. The van der Waals surface area contributed by atoms with Crippen LogP contribution in [0.4, 0.5) is 5.69 Å². The molecule has 0 unspecified atom stereocenters. The summed E-state index contributed by atoms with van der Waals surface area (Å²) in [6, 6.07) is 7.19. The summed E-state index contributed by atoms with van der Waals surface area (Å²) in [5.74, 6) is 0.488. The normalized spacial score (nSPS) is 10.1. The number of aromatic nitrogens is 3. The molecule has 6 nitrogen and oxygen atoms in total. The zero-order valence-electron chi connectivity index (χ0n) is 10.0. The van der Waals surface area contributed by atoms with Crippen LogP contribution in [-0.2, 0) is 0 Å². The summed E-state index contributed by atoms with van der Waals surface area (Å²) in [5.41, 5.74) is 0.938. The molecule has 0 aliphatic rings. The van der Waals surface area contributed by atoms with Crippen LogP contribution in [0.15, 0.2) is 30.5 Å². The molecule has 1 heterocycles. The second-order valence-corrected chi connectivity index (χ2v) is 3.68. The summed E-state index contributed by atoms with van der Waals surface area (Å²) in [5, 5.41) is 12.4. The van der Waals surface area contributed by atoms with E-state index in [2.05, 4.69) is 20.7 Å². The SMILES string of the molecule is CCCOc1ccc(NC(=O)c2cn[nH]n2)cc1. The lowest BCUT2D eigenvalue weighted by molar-refractivity contribution is 0.102. The van der Waals surface area contributed by atoms with E-state index in [1.165, 1.54) is 6.20 Å². The minimum Gasteiger partial charge on any atom is -0.494 e. The summed E-state index contributed by atoms with van der Waals surface area (Å²) < 4.78 is 5.45. The van der Waals surface area contributed by atoms with Crippen molar-refractivity contribution in [2.24, 2.45) is 0 Å². The van der Waals surface area contributed by atoms with Gasteiger partial charge in [-0.2, -0.15) is 15.4 Å². The number of carbonyl (C=O) groups excluding carboxylic acids is 1. The Bertz CT molecular complexity index is 493. The van der Waals surface area contributed by atoms with E-state index < -0.39 is 0 Å². The summed E-state index contributed by atoms with van der Waals surface area (Å²) >= 11 is 0. The maximum Gasteiger partial charge on any atom is 0.277 e. The van der Waals surface area contributed by atoms with Crippen molar-refractivity contribution in [3.8, 4) is 5.75 Å². The van der Waals surface area contributed by atoms with Crippen LogP contribution in [0.25, 0.3) is 0 Å². The molecule has 1 aromatic carbocycles. The molecular formula is C12H14N4O2. The number of benzene rings is 1. The van der Waals surface area contributed by atoms with Gasteiger partial charge < -0.3 is 10.1 Å². The standard InChI is InChI=1S/C12H14N4O2/c1-2-7-18-10-5-3-9(4-6-10)14-12(17)11-8-13-16-15-11/h3-6,8H,2,7H2,1H3,(H,14,17)(H,13,15,16). The molecule has 0 spiro atoms. The van der Waals surface area contributed by atoms with E-state index in [1.807, 2.05) is 19.1 Å². The fraction of sp³-hybridized carbons (Fsp3) is 0.250.